The molecule has 2 aromatic rings. The van der Waals surface area contributed by atoms with Gasteiger partial charge in [-0.2, -0.15) is 0 Å². The minimum Gasteiger partial charge on any atom is -0.361 e. The first-order chi connectivity index (χ1) is 12.6. The van der Waals surface area contributed by atoms with E-state index in [1.807, 2.05) is 17.0 Å². The van der Waals surface area contributed by atoms with Crippen LogP contribution in [0.15, 0.2) is 34.9 Å². The normalized spacial score (nSPS) is 32.7. The van der Waals surface area contributed by atoms with Crippen molar-refractivity contribution in [2.24, 2.45) is 5.92 Å². The number of aromatic nitrogens is 1. The van der Waals surface area contributed by atoms with Crippen LogP contribution in [-0.4, -0.2) is 52.6 Å². The van der Waals surface area contributed by atoms with Crippen LogP contribution in [0.1, 0.15) is 40.6 Å². The van der Waals surface area contributed by atoms with Gasteiger partial charge in [0.05, 0.1) is 6.04 Å². The molecule has 0 N–H and O–H groups in total. The minimum atomic E-state index is -0.222. The summed E-state index contributed by atoms with van der Waals surface area (Å²) in [7, 11) is 0. The molecular formula is C20H22FN3O2. The molecule has 0 radical (unpaired) electrons. The fourth-order valence-corrected chi connectivity index (χ4v) is 5.27. The molecule has 2 bridgehead atoms. The Morgan fingerprint density at radius 1 is 1.19 bits per heavy atom. The number of halogens is 1. The van der Waals surface area contributed by atoms with E-state index in [-0.39, 0.29) is 23.7 Å². The van der Waals surface area contributed by atoms with Crippen molar-refractivity contribution in [1.82, 2.24) is 15.0 Å². The van der Waals surface area contributed by atoms with Crippen LogP contribution < -0.4 is 0 Å². The molecule has 136 valence electrons. The maximum absolute atomic E-state index is 13.4. The molecule has 1 amide bonds. The van der Waals surface area contributed by atoms with Crippen molar-refractivity contribution in [3.63, 3.8) is 0 Å². The summed E-state index contributed by atoms with van der Waals surface area (Å²) in [6.07, 6.45) is 2.28. The molecule has 1 aromatic heterocycles. The lowest BCUT2D eigenvalue weighted by Gasteiger charge is -2.51. The molecule has 4 aliphatic heterocycles. The van der Waals surface area contributed by atoms with Crippen molar-refractivity contribution < 1.29 is 13.7 Å². The standard InChI is InChI=1S/C20H22FN3O2/c1-12-10-17(22-26-12)20(25)24-11-16(13-2-4-15(21)5-3-13)19-18(24)14-6-8-23(19)9-7-14/h2-5,10,14,16,18-19H,6-9,11H2,1H3/t16-,18+,19+/m1/s1. The average Bonchev–Trinajstić information content (AvgIpc) is 3.28. The average molecular weight is 355 g/mol. The molecule has 0 saturated carbocycles. The van der Waals surface area contributed by atoms with Gasteiger partial charge in [0.15, 0.2) is 5.69 Å². The van der Waals surface area contributed by atoms with E-state index in [1.165, 1.54) is 12.1 Å². The lowest BCUT2D eigenvalue weighted by molar-refractivity contribution is -0.00369. The summed E-state index contributed by atoms with van der Waals surface area (Å²) in [6.45, 7) is 4.63. The zero-order chi connectivity index (χ0) is 17.8. The van der Waals surface area contributed by atoms with Crippen LogP contribution in [0.3, 0.4) is 0 Å². The summed E-state index contributed by atoms with van der Waals surface area (Å²) in [5.74, 6) is 1.12. The smallest absolute Gasteiger partial charge is 0.276 e. The molecule has 0 spiro atoms. The molecule has 26 heavy (non-hydrogen) atoms. The second-order valence-corrected chi connectivity index (χ2v) is 7.79. The Kier molecular flexibility index (Phi) is 3.64. The number of hydrogen-bond donors (Lipinski definition) is 0. The van der Waals surface area contributed by atoms with Gasteiger partial charge in [0.2, 0.25) is 0 Å². The van der Waals surface area contributed by atoms with Gasteiger partial charge in [-0.05, 0) is 56.5 Å². The van der Waals surface area contributed by atoms with Gasteiger partial charge in [-0.3, -0.25) is 9.69 Å². The van der Waals surface area contributed by atoms with E-state index >= 15 is 0 Å². The highest BCUT2D eigenvalue weighted by Crippen LogP contribution is 2.46. The first-order valence-corrected chi connectivity index (χ1v) is 9.35. The summed E-state index contributed by atoms with van der Waals surface area (Å²) in [6, 6.07) is 9.01. The minimum absolute atomic E-state index is 0.0461. The van der Waals surface area contributed by atoms with Crippen molar-refractivity contribution in [3.05, 3.63) is 53.2 Å². The predicted octanol–water partition coefficient (Wildman–Crippen LogP) is 2.82. The van der Waals surface area contributed by atoms with E-state index in [4.69, 9.17) is 4.52 Å². The maximum atomic E-state index is 13.4. The number of aryl methyl sites for hydroxylation is 1. The zero-order valence-electron chi connectivity index (χ0n) is 14.8. The molecule has 6 heteroatoms. The first kappa shape index (κ1) is 16.0. The fourth-order valence-electron chi connectivity index (χ4n) is 5.27. The highest BCUT2D eigenvalue weighted by Gasteiger charge is 2.54. The summed E-state index contributed by atoms with van der Waals surface area (Å²) < 4.78 is 18.5. The van der Waals surface area contributed by atoms with Gasteiger partial charge in [-0.15, -0.1) is 0 Å². The second kappa shape index (κ2) is 5.91. The lowest BCUT2D eigenvalue weighted by Crippen LogP contribution is -2.60. The molecule has 5 heterocycles. The van der Waals surface area contributed by atoms with Gasteiger partial charge in [-0.1, -0.05) is 17.3 Å². The van der Waals surface area contributed by atoms with E-state index < -0.39 is 0 Å². The van der Waals surface area contributed by atoms with Gasteiger partial charge in [0.1, 0.15) is 11.6 Å². The number of likely N-dealkylation sites (tertiary alicyclic amines) is 1. The molecular weight excluding hydrogens is 333 g/mol. The van der Waals surface area contributed by atoms with Crippen LogP contribution >= 0.6 is 0 Å². The summed E-state index contributed by atoms with van der Waals surface area (Å²) >= 11 is 0. The van der Waals surface area contributed by atoms with Gasteiger partial charge in [-0.25, -0.2) is 4.39 Å². The molecule has 3 atom stereocenters. The SMILES string of the molecule is Cc1cc(C(=O)N2C[C@H](c3ccc(F)cc3)[C@H]3[C@@H]2C2CCN3CC2)no1. The molecule has 0 aliphatic carbocycles. The van der Waals surface area contributed by atoms with Crippen molar-refractivity contribution in [2.45, 2.75) is 37.8 Å². The summed E-state index contributed by atoms with van der Waals surface area (Å²) in [5.41, 5.74) is 1.50. The Morgan fingerprint density at radius 3 is 2.58 bits per heavy atom. The number of nitrogens with zero attached hydrogens (tertiary/aromatic N) is 3. The number of piperidine rings is 3. The van der Waals surface area contributed by atoms with Gasteiger partial charge < -0.3 is 9.42 Å². The predicted molar refractivity (Wildman–Crippen MR) is 93.3 cm³/mol. The number of carbonyl (C=O) groups excluding carboxylic acids is 1. The number of fused-ring (bicyclic) bond motifs is 2. The lowest BCUT2D eigenvalue weighted by atomic mass is 9.75. The van der Waals surface area contributed by atoms with Crippen LogP contribution in [0.4, 0.5) is 4.39 Å². The third-order valence-corrected chi connectivity index (χ3v) is 6.40. The number of benzene rings is 1. The van der Waals surface area contributed by atoms with E-state index in [9.17, 15) is 9.18 Å². The monoisotopic (exact) mass is 355 g/mol. The third kappa shape index (κ3) is 2.39. The van der Waals surface area contributed by atoms with Crippen molar-refractivity contribution in [3.8, 4) is 0 Å². The second-order valence-electron chi connectivity index (χ2n) is 7.79. The van der Waals surface area contributed by atoms with Crippen LogP contribution in [0.2, 0.25) is 0 Å². The van der Waals surface area contributed by atoms with Crippen LogP contribution in [0.5, 0.6) is 0 Å². The molecule has 1 aromatic carbocycles. The van der Waals surface area contributed by atoms with E-state index in [1.54, 1.807) is 13.0 Å². The number of rotatable bonds is 2. The zero-order valence-corrected chi connectivity index (χ0v) is 14.8. The van der Waals surface area contributed by atoms with Crippen LogP contribution in [0, 0.1) is 18.7 Å². The Hall–Kier alpha value is -2.21. The molecule has 5 nitrogen and oxygen atoms in total. The first-order valence-electron chi connectivity index (χ1n) is 9.35. The number of hydrogen-bond acceptors (Lipinski definition) is 4. The van der Waals surface area contributed by atoms with Gasteiger partial charge in [0.25, 0.3) is 5.91 Å². The number of carbonyl (C=O) groups is 1. The molecule has 0 unspecified atom stereocenters. The topological polar surface area (TPSA) is 49.6 Å². The van der Waals surface area contributed by atoms with Gasteiger partial charge >= 0.3 is 0 Å². The summed E-state index contributed by atoms with van der Waals surface area (Å²) in [4.78, 5) is 17.7. The van der Waals surface area contributed by atoms with E-state index in [2.05, 4.69) is 10.1 Å². The van der Waals surface area contributed by atoms with Crippen LogP contribution in [0.25, 0.3) is 0 Å². The molecule has 4 aliphatic rings. The highest BCUT2D eigenvalue weighted by molar-refractivity contribution is 5.93. The fraction of sp³-hybridized carbons (Fsp3) is 0.500. The van der Waals surface area contributed by atoms with Crippen molar-refractivity contribution in [1.29, 1.82) is 0 Å². The quantitative estimate of drug-likeness (QED) is 0.831. The molecule has 4 saturated heterocycles. The van der Waals surface area contributed by atoms with E-state index in [0.29, 0.717) is 30.0 Å². The molecule has 4 fully saturated rings. The van der Waals surface area contributed by atoms with Gasteiger partial charge in [0, 0.05) is 24.6 Å². The van der Waals surface area contributed by atoms with Crippen LogP contribution in [-0.2, 0) is 0 Å². The molecule has 6 rings (SSSR count). The Bertz CT molecular complexity index is 826. The third-order valence-electron chi connectivity index (χ3n) is 6.40. The Balaban J connectivity index is 1.52. The van der Waals surface area contributed by atoms with Crippen molar-refractivity contribution in [2.75, 3.05) is 19.6 Å². The maximum Gasteiger partial charge on any atom is 0.276 e. The Morgan fingerprint density at radius 2 is 1.92 bits per heavy atom. The van der Waals surface area contributed by atoms with E-state index in [0.717, 1.165) is 31.5 Å². The number of amides is 1. The summed E-state index contributed by atoms with van der Waals surface area (Å²) in [5, 5.41) is 3.94. The highest BCUT2D eigenvalue weighted by atomic mass is 19.1. The Labute approximate surface area is 151 Å². The van der Waals surface area contributed by atoms with Crippen molar-refractivity contribution >= 4 is 5.91 Å². The largest absolute Gasteiger partial charge is 0.361 e.